The molecule has 0 aliphatic rings. The molecule has 0 aliphatic heterocycles. The highest BCUT2D eigenvalue weighted by Gasteiger charge is 2.18. The molecular formula is C13H19F2N. The SMILES string of the molecule is CCCNC(CCc1ccccc1)C(F)F. The molecule has 1 aromatic carbocycles. The van der Waals surface area contributed by atoms with E-state index >= 15 is 0 Å². The second kappa shape index (κ2) is 7.34. The number of rotatable bonds is 7. The number of alkyl halides is 2. The lowest BCUT2D eigenvalue weighted by atomic mass is 10.1. The van der Waals surface area contributed by atoms with Crippen LogP contribution in [0.2, 0.25) is 0 Å². The van der Waals surface area contributed by atoms with Crippen LogP contribution in [0.15, 0.2) is 30.3 Å². The van der Waals surface area contributed by atoms with Crippen molar-refractivity contribution in [3.8, 4) is 0 Å². The summed E-state index contributed by atoms with van der Waals surface area (Å²) in [4.78, 5) is 0. The van der Waals surface area contributed by atoms with Crippen molar-refractivity contribution < 1.29 is 8.78 Å². The van der Waals surface area contributed by atoms with Crippen molar-refractivity contribution in [3.63, 3.8) is 0 Å². The fourth-order valence-corrected chi connectivity index (χ4v) is 1.61. The Morgan fingerprint density at radius 2 is 1.88 bits per heavy atom. The van der Waals surface area contributed by atoms with Crippen LogP contribution < -0.4 is 5.32 Å². The Morgan fingerprint density at radius 3 is 2.44 bits per heavy atom. The van der Waals surface area contributed by atoms with E-state index in [1.165, 1.54) is 0 Å². The maximum Gasteiger partial charge on any atom is 0.253 e. The molecule has 0 aliphatic carbocycles. The van der Waals surface area contributed by atoms with E-state index in [2.05, 4.69) is 5.32 Å². The van der Waals surface area contributed by atoms with Gasteiger partial charge in [0.05, 0.1) is 6.04 Å². The molecule has 3 heteroatoms. The first kappa shape index (κ1) is 13.1. The predicted octanol–water partition coefficient (Wildman–Crippen LogP) is 3.25. The third kappa shape index (κ3) is 4.71. The molecule has 1 N–H and O–H groups in total. The first-order chi connectivity index (χ1) is 7.74. The van der Waals surface area contributed by atoms with Gasteiger partial charge < -0.3 is 5.32 Å². The van der Waals surface area contributed by atoms with Crippen LogP contribution in [0.5, 0.6) is 0 Å². The van der Waals surface area contributed by atoms with E-state index < -0.39 is 12.5 Å². The average Bonchev–Trinajstić information content (AvgIpc) is 2.30. The Hall–Kier alpha value is -0.960. The molecule has 0 heterocycles. The van der Waals surface area contributed by atoms with Crippen LogP contribution in [0.25, 0.3) is 0 Å². The lowest BCUT2D eigenvalue weighted by molar-refractivity contribution is 0.0943. The topological polar surface area (TPSA) is 12.0 Å². The maximum atomic E-state index is 12.7. The summed E-state index contributed by atoms with van der Waals surface area (Å²) in [6.45, 7) is 2.64. The number of aryl methyl sites for hydroxylation is 1. The zero-order valence-electron chi connectivity index (χ0n) is 9.63. The van der Waals surface area contributed by atoms with E-state index in [1.54, 1.807) is 0 Å². The summed E-state index contributed by atoms with van der Waals surface area (Å²) < 4.78 is 25.3. The fraction of sp³-hybridized carbons (Fsp3) is 0.538. The van der Waals surface area contributed by atoms with Crippen molar-refractivity contribution in [2.75, 3.05) is 6.54 Å². The molecule has 1 unspecified atom stereocenters. The minimum absolute atomic E-state index is 0.488. The number of halogens is 2. The Kier molecular flexibility index (Phi) is 6.01. The van der Waals surface area contributed by atoms with Gasteiger partial charge in [0, 0.05) is 0 Å². The summed E-state index contributed by atoms with van der Waals surface area (Å²) >= 11 is 0. The first-order valence-electron chi connectivity index (χ1n) is 5.79. The predicted molar refractivity (Wildman–Crippen MR) is 62.8 cm³/mol. The van der Waals surface area contributed by atoms with Crippen molar-refractivity contribution in [1.29, 1.82) is 0 Å². The monoisotopic (exact) mass is 227 g/mol. The molecule has 0 spiro atoms. The number of hydrogen-bond donors (Lipinski definition) is 1. The van der Waals surface area contributed by atoms with Gasteiger partial charge in [0.15, 0.2) is 0 Å². The van der Waals surface area contributed by atoms with Crippen LogP contribution in [0.3, 0.4) is 0 Å². The molecule has 0 amide bonds. The van der Waals surface area contributed by atoms with E-state index in [-0.39, 0.29) is 0 Å². The lowest BCUT2D eigenvalue weighted by Gasteiger charge is -2.17. The summed E-state index contributed by atoms with van der Waals surface area (Å²) in [5.41, 5.74) is 1.12. The van der Waals surface area contributed by atoms with E-state index in [0.717, 1.165) is 12.0 Å². The van der Waals surface area contributed by atoms with Gasteiger partial charge in [0.2, 0.25) is 0 Å². The summed E-state index contributed by atoms with van der Waals surface area (Å²) in [6.07, 6.45) is -0.210. The third-order valence-corrected chi connectivity index (χ3v) is 2.55. The Morgan fingerprint density at radius 1 is 1.19 bits per heavy atom. The highest BCUT2D eigenvalue weighted by atomic mass is 19.3. The van der Waals surface area contributed by atoms with Crippen LogP contribution in [0.4, 0.5) is 8.78 Å². The minimum atomic E-state index is -2.28. The number of hydrogen-bond acceptors (Lipinski definition) is 1. The molecule has 90 valence electrons. The van der Waals surface area contributed by atoms with Gasteiger partial charge in [0.1, 0.15) is 0 Å². The molecule has 16 heavy (non-hydrogen) atoms. The molecule has 0 bridgehead atoms. The van der Waals surface area contributed by atoms with Gasteiger partial charge >= 0.3 is 0 Å². The van der Waals surface area contributed by atoms with Crippen molar-refractivity contribution in [2.45, 2.75) is 38.7 Å². The summed E-state index contributed by atoms with van der Waals surface area (Å²) in [5, 5.41) is 2.89. The van der Waals surface area contributed by atoms with E-state index in [0.29, 0.717) is 19.4 Å². The largest absolute Gasteiger partial charge is 0.309 e. The maximum absolute atomic E-state index is 12.7. The second-order valence-electron chi connectivity index (χ2n) is 3.92. The molecule has 0 saturated heterocycles. The summed E-state index contributed by atoms with van der Waals surface area (Å²) in [7, 11) is 0. The van der Waals surface area contributed by atoms with Gasteiger partial charge in [-0.1, -0.05) is 37.3 Å². The van der Waals surface area contributed by atoms with Gasteiger partial charge in [-0.25, -0.2) is 8.78 Å². The van der Waals surface area contributed by atoms with Crippen molar-refractivity contribution >= 4 is 0 Å². The minimum Gasteiger partial charge on any atom is -0.309 e. The summed E-state index contributed by atoms with van der Waals surface area (Å²) in [6, 6.07) is 9.08. The highest BCUT2D eigenvalue weighted by Crippen LogP contribution is 2.10. The average molecular weight is 227 g/mol. The molecule has 0 fully saturated rings. The smallest absolute Gasteiger partial charge is 0.253 e. The quantitative estimate of drug-likeness (QED) is 0.754. The van der Waals surface area contributed by atoms with Crippen LogP contribution in [0.1, 0.15) is 25.3 Å². The zero-order valence-corrected chi connectivity index (χ0v) is 9.63. The molecule has 1 aromatic rings. The summed E-state index contributed by atoms with van der Waals surface area (Å²) in [5.74, 6) is 0. The lowest BCUT2D eigenvalue weighted by Crippen LogP contribution is -2.36. The van der Waals surface area contributed by atoms with Gasteiger partial charge in [-0.15, -0.1) is 0 Å². The van der Waals surface area contributed by atoms with Gasteiger partial charge in [0.25, 0.3) is 6.43 Å². The molecule has 1 nitrogen and oxygen atoms in total. The van der Waals surface area contributed by atoms with Crippen LogP contribution >= 0.6 is 0 Å². The zero-order chi connectivity index (χ0) is 11.8. The van der Waals surface area contributed by atoms with Crippen LogP contribution in [0, 0.1) is 0 Å². The third-order valence-electron chi connectivity index (χ3n) is 2.55. The second-order valence-corrected chi connectivity index (χ2v) is 3.92. The number of nitrogens with one attached hydrogen (secondary N) is 1. The molecule has 1 atom stereocenters. The normalized spacial score (nSPS) is 13.0. The Bertz CT molecular complexity index is 275. The Labute approximate surface area is 95.9 Å². The van der Waals surface area contributed by atoms with Crippen LogP contribution in [-0.4, -0.2) is 19.0 Å². The number of benzene rings is 1. The first-order valence-corrected chi connectivity index (χ1v) is 5.79. The molecular weight excluding hydrogens is 208 g/mol. The van der Waals surface area contributed by atoms with E-state index in [1.807, 2.05) is 37.3 Å². The molecule has 1 rings (SSSR count). The van der Waals surface area contributed by atoms with E-state index in [4.69, 9.17) is 0 Å². The molecule has 0 aromatic heterocycles. The Balaban J connectivity index is 2.38. The van der Waals surface area contributed by atoms with Gasteiger partial charge in [-0.2, -0.15) is 0 Å². The van der Waals surface area contributed by atoms with Crippen LogP contribution in [-0.2, 0) is 6.42 Å². The van der Waals surface area contributed by atoms with Crippen molar-refractivity contribution in [3.05, 3.63) is 35.9 Å². The van der Waals surface area contributed by atoms with E-state index in [9.17, 15) is 8.78 Å². The van der Waals surface area contributed by atoms with Crippen molar-refractivity contribution in [2.24, 2.45) is 0 Å². The van der Waals surface area contributed by atoms with Crippen molar-refractivity contribution in [1.82, 2.24) is 5.32 Å². The standard InChI is InChI=1S/C13H19F2N/c1-2-10-16-12(13(14)15)9-8-11-6-4-3-5-7-11/h3-7,12-13,16H,2,8-10H2,1H3. The molecule has 0 radical (unpaired) electrons. The highest BCUT2D eigenvalue weighted by molar-refractivity contribution is 5.14. The fourth-order valence-electron chi connectivity index (χ4n) is 1.61. The van der Waals surface area contributed by atoms with Gasteiger partial charge in [-0.3, -0.25) is 0 Å². The van der Waals surface area contributed by atoms with Gasteiger partial charge in [-0.05, 0) is 31.4 Å². The molecule has 0 saturated carbocycles.